The summed E-state index contributed by atoms with van der Waals surface area (Å²) in [6.07, 6.45) is 3.14. The van der Waals surface area contributed by atoms with Crippen LogP contribution in [0.4, 0.5) is 4.39 Å². The molecule has 162 valence electrons. The van der Waals surface area contributed by atoms with Crippen LogP contribution in [0.3, 0.4) is 0 Å². The second kappa shape index (κ2) is 8.57. The van der Waals surface area contributed by atoms with Gasteiger partial charge < -0.3 is 4.74 Å². The van der Waals surface area contributed by atoms with Crippen molar-refractivity contribution in [2.45, 2.75) is 19.9 Å². The van der Waals surface area contributed by atoms with Crippen molar-refractivity contribution in [1.82, 2.24) is 14.1 Å². The minimum atomic E-state index is -0.609. The number of nitriles is 1. The van der Waals surface area contributed by atoms with E-state index in [9.17, 15) is 14.0 Å². The van der Waals surface area contributed by atoms with Gasteiger partial charge in [0.15, 0.2) is 11.6 Å². The number of hydrogen-bond donors (Lipinski definition) is 0. The largest absolute Gasteiger partial charge is 0.494 e. The molecule has 0 aliphatic rings. The Labute approximate surface area is 190 Å². The maximum Gasteiger partial charge on any atom is 0.336 e. The zero-order valence-electron chi connectivity index (χ0n) is 17.1. The maximum atomic E-state index is 14.0. The van der Waals surface area contributed by atoms with Gasteiger partial charge in [-0.1, -0.05) is 11.6 Å². The highest BCUT2D eigenvalue weighted by molar-refractivity contribution is 7.22. The van der Waals surface area contributed by atoms with Gasteiger partial charge in [0.1, 0.15) is 4.70 Å². The lowest BCUT2D eigenvalue weighted by Crippen LogP contribution is -2.38. The number of benzene rings is 1. The summed E-state index contributed by atoms with van der Waals surface area (Å²) in [6, 6.07) is 7.95. The van der Waals surface area contributed by atoms with E-state index in [4.69, 9.17) is 21.6 Å². The third kappa shape index (κ3) is 3.68. The number of hydrogen-bond acceptors (Lipinski definition) is 6. The lowest BCUT2D eigenvalue weighted by atomic mass is 10.1. The molecule has 0 atom stereocenters. The molecule has 0 aliphatic carbocycles. The Hall–Kier alpha value is -3.48. The Morgan fingerprint density at radius 1 is 1.25 bits per heavy atom. The van der Waals surface area contributed by atoms with Gasteiger partial charge in [0, 0.05) is 23.2 Å². The van der Waals surface area contributed by atoms with E-state index in [1.165, 1.54) is 23.9 Å². The van der Waals surface area contributed by atoms with Crippen molar-refractivity contribution in [3.8, 4) is 27.9 Å². The Balaban J connectivity index is 2.05. The summed E-state index contributed by atoms with van der Waals surface area (Å²) in [5.74, 6) is -0.602. The molecule has 7 nitrogen and oxygen atoms in total. The topological polar surface area (TPSA) is 89.9 Å². The Morgan fingerprint density at radius 2 is 2.03 bits per heavy atom. The zero-order chi connectivity index (χ0) is 23.0. The van der Waals surface area contributed by atoms with E-state index in [1.807, 2.05) is 6.07 Å². The molecular formula is C22H16ClFN4O3S. The smallest absolute Gasteiger partial charge is 0.336 e. The number of fused-ring (bicyclic) bond motifs is 1. The highest BCUT2D eigenvalue weighted by Crippen LogP contribution is 2.38. The van der Waals surface area contributed by atoms with E-state index in [2.05, 4.69) is 4.98 Å². The molecule has 0 aliphatic heterocycles. The van der Waals surface area contributed by atoms with Crippen LogP contribution in [0.5, 0.6) is 5.75 Å². The normalized spacial score (nSPS) is 11.0. The number of methoxy groups -OCH3 is 1. The molecule has 10 heteroatoms. The summed E-state index contributed by atoms with van der Waals surface area (Å²) in [4.78, 5) is 31.3. The standard InChI is InChI=1S/C22H16ClFN4O3S/c1-12-6-13(11-26-10-12)28-21(29)20-17(27(22(28)30)5-3-4-25)9-19(32-20)14-7-18(31-2)16(24)8-15(14)23/h6-11H,3,5H2,1-2H3. The van der Waals surface area contributed by atoms with E-state index >= 15 is 0 Å². The highest BCUT2D eigenvalue weighted by Gasteiger charge is 2.20. The molecule has 0 fully saturated rings. The molecule has 3 heterocycles. The Bertz CT molecular complexity index is 1520. The molecule has 1 aromatic carbocycles. The zero-order valence-corrected chi connectivity index (χ0v) is 18.6. The number of aromatic nitrogens is 3. The SMILES string of the molecule is COc1cc(-c2cc3c(s2)c(=O)n(-c2cncc(C)c2)c(=O)n3CCC#N)c(Cl)cc1F. The van der Waals surface area contributed by atoms with Crippen molar-refractivity contribution >= 4 is 33.2 Å². The van der Waals surface area contributed by atoms with Gasteiger partial charge in [-0.05, 0) is 36.8 Å². The van der Waals surface area contributed by atoms with Crippen LogP contribution < -0.4 is 16.0 Å². The second-order valence-electron chi connectivity index (χ2n) is 6.99. The van der Waals surface area contributed by atoms with Crippen LogP contribution in [0.1, 0.15) is 12.0 Å². The van der Waals surface area contributed by atoms with Gasteiger partial charge in [-0.15, -0.1) is 11.3 Å². The average Bonchev–Trinajstić information content (AvgIpc) is 3.19. The third-order valence-corrected chi connectivity index (χ3v) is 6.35. The van der Waals surface area contributed by atoms with Crippen molar-refractivity contribution in [3.05, 3.63) is 73.9 Å². The molecule has 0 saturated carbocycles. The van der Waals surface area contributed by atoms with Crippen LogP contribution in [-0.4, -0.2) is 21.2 Å². The minimum absolute atomic E-state index is 0.00646. The van der Waals surface area contributed by atoms with Crippen LogP contribution in [0.25, 0.3) is 26.3 Å². The fraction of sp³-hybridized carbons (Fsp3) is 0.182. The van der Waals surface area contributed by atoms with Crippen LogP contribution in [0, 0.1) is 24.1 Å². The van der Waals surface area contributed by atoms with Crippen molar-refractivity contribution in [3.63, 3.8) is 0 Å². The van der Waals surface area contributed by atoms with Gasteiger partial charge in [-0.25, -0.2) is 13.8 Å². The summed E-state index contributed by atoms with van der Waals surface area (Å²) in [5, 5.41) is 9.21. The molecule has 0 radical (unpaired) electrons. The number of pyridine rings is 1. The number of rotatable bonds is 5. The first-order chi connectivity index (χ1) is 15.3. The fourth-order valence-corrected chi connectivity index (χ4v) is 4.85. The number of ether oxygens (including phenoxy) is 1. The predicted molar refractivity (Wildman–Crippen MR) is 121 cm³/mol. The summed E-state index contributed by atoms with van der Waals surface area (Å²) >= 11 is 7.39. The number of thiophene rings is 1. The molecule has 0 N–H and O–H groups in total. The van der Waals surface area contributed by atoms with Crippen LogP contribution in [-0.2, 0) is 6.54 Å². The van der Waals surface area contributed by atoms with E-state index in [-0.39, 0.29) is 23.7 Å². The van der Waals surface area contributed by atoms with E-state index in [0.29, 0.717) is 26.3 Å². The van der Waals surface area contributed by atoms with Crippen molar-refractivity contribution in [1.29, 1.82) is 5.26 Å². The Kier molecular flexibility index (Phi) is 5.82. The molecule has 32 heavy (non-hydrogen) atoms. The summed E-state index contributed by atoms with van der Waals surface area (Å²) in [7, 11) is 1.34. The van der Waals surface area contributed by atoms with Gasteiger partial charge in [0.2, 0.25) is 0 Å². The van der Waals surface area contributed by atoms with Gasteiger partial charge in [0.05, 0.1) is 42.0 Å². The first kappa shape index (κ1) is 21.7. The fourth-order valence-electron chi connectivity index (χ4n) is 3.42. The molecule has 0 saturated heterocycles. The maximum absolute atomic E-state index is 14.0. The summed E-state index contributed by atoms with van der Waals surface area (Å²) < 4.78 is 21.8. The molecule has 0 bridgehead atoms. The number of halogens is 2. The first-order valence-electron chi connectivity index (χ1n) is 9.47. The van der Waals surface area contributed by atoms with Gasteiger partial charge >= 0.3 is 5.69 Å². The molecular weight excluding hydrogens is 455 g/mol. The van der Waals surface area contributed by atoms with Crippen molar-refractivity contribution in [2.75, 3.05) is 7.11 Å². The number of aryl methyl sites for hydroxylation is 2. The third-order valence-electron chi connectivity index (χ3n) is 4.90. The molecule has 0 spiro atoms. The van der Waals surface area contributed by atoms with Crippen LogP contribution >= 0.6 is 22.9 Å². The molecule has 0 unspecified atom stereocenters. The van der Waals surface area contributed by atoms with E-state index in [1.54, 1.807) is 25.3 Å². The van der Waals surface area contributed by atoms with Crippen LogP contribution in [0.15, 0.2) is 46.2 Å². The quantitative estimate of drug-likeness (QED) is 0.434. The summed E-state index contributed by atoms with van der Waals surface area (Å²) in [5.41, 5.74) is 0.892. The van der Waals surface area contributed by atoms with Gasteiger partial charge in [-0.3, -0.25) is 14.3 Å². The van der Waals surface area contributed by atoms with Crippen LogP contribution in [0.2, 0.25) is 5.02 Å². The van der Waals surface area contributed by atoms with Crippen molar-refractivity contribution in [2.24, 2.45) is 0 Å². The monoisotopic (exact) mass is 470 g/mol. The van der Waals surface area contributed by atoms with E-state index < -0.39 is 17.1 Å². The lowest BCUT2D eigenvalue weighted by molar-refractivity contribution is 0.387. The molecule has 4 rings (SSSR count). The Morgan fingerprint density at radius 3 is 2.72 bits per heavy atom. The second-order valence-corrected chi connectivity index (χ2v) is 8.45. The number of nitrogens with zero attached hydrogens (tertiary/aromatic N) is 4. The molecule has 0 amide bonds. The van der Waals surface area contributed by atoms with Crippen molar-refractivity contribution < 1.29 is 9.13 Å². The van der Waals surface area contributed by atoms with Gasteiger partial charge in [-0.2, -0.15) is 5.26 Å². The highest BCUT2D eigenvalue weighted by atomic mass is 35.5. The molecule has 3 aromatic heterocycles. The van der Waals surface area contributed by atoms with E-state index in [0.717, 1.165) is 27.5 Å². The average molecular weight is 471 g/mol. The summed E-state index contributed by atoms with van der Waals surface area (Å²) in [6.45, 7) is 1.91. The predicted octanol–water partition coefficient (Wildman–Crippen LogP) is 4.30. The van der Waals surface area contributed by atoms with Gasteiger partial charge in [0.25, 0.3) is 5.56 Å². The minimum Gasteiger partial charge on any atom is -0.494 e. The lowest BCUT2D eigenvalue weighted by Gasteiger charge is -2.11. The first-order valence-corrected chi connectivity index (χ1v) is 10.7. The molecule has 4 aromatic rings.